The first kappa shape index (κ1) is 12.9. The molecule has 1 aromatic heterocycles. The van der Waals surface area contributed by atoms with Gasteiger partial charge in [-0.1, -0.05) is 12.1 Å². The topological polar surface area (TPSA) is 43.8 Å². The molecule has 1 aromatic carbocycles. The summed E-state index contributed by atoms with van der Waals surface area (Å²) < 4.78 is 2.28. The summed E-state index contributed by atoms with van der Waals surface area (Å²) in [5, 5.41) is 0.827. The fourth-order valence-corrected chi connectivity index (χ4v) is 3.99. The van der Waals surface area contributed by atoms with Crippen molar-refractivity contribution in [2.45, 2.75) is 43.9 Å². The smallest absolute Gasteiger partial charge is 0.201 e. The Morgan fingerprint density at radius 2 is 2.00 bits per heavy atom. The third kappa shape index (κ3) is 2.22. The lowest BCUT2D eigenvalue weighted by Crippen LogP contribution is -2.20. The van der Waals surface area contributed by atoms with Crippen molar-refractivity contribution in [1.82, 2.24) is 9.55 Å². The molecule has 1 aliphatic carbocycles. The minimum Gasteiger partial charge on any atom is -0.369 e. The molecule has 3 nitrogen and oxygen atoms in total. The summed E-state index contributed by atoms with van der Waals surface area (Å²) in [6.07, 6.45) is 7.23. The second-order valence-corrected chi connectivity index (χ2v) is 6.59. The maximum Gasteiger partial charge on any atom is 0.201 e. The molecule has 0 spiro atoms. The Balaban J connectivity index is 1.99. The van der Waals surface area contributed by atoms with Gasteiger partial charge in [0, 0.05) is 11.3 Å². The number of aryl methyl sites for hydroxylation is 1. The molecule has 4 heteroatoms. The molecule has 2 N–H and O–H groups in total. The Labute approximate surface area is 118 Å². The molecule has 0 bridgehead atoms. The summed E-state index contributed by atoms with van der Waals surface area (Å²) in [5.41, 5.74) is 9.70. The maximum absolute atomic E-state index is 6.17. The van der Waals surface area contributed by atoms with E-state index in [-0.39, 0.29) is 0 Å². The highest BCUT2D eigenvalue weighted by Gasteiger charge is 2.25. The number of fused-ring (bicyclic) bond motifs is 1. The molecule has 1 aliphatic rings. The van der Waals surface area contributed by atoms with Gasteiger partial charge in [0.25, 0.3) is 0 Å². The van der Waals surface area contributed by atoms with Crippen molar-refractivity contribution >= 4 is 28.7 Å². The molecule has 1 heterocycles. The summed E-state index contributed by atoms with van der Waals surface area (Å²) in [7, 11) is 0. The van der Waals surface area contributed by atoms with Crippen molar-refractivity contribution in [2.75, 3.05) is 12.0 Å². The molecule has 2 aromatic rings. The van der Waals surface area contributed by atoms with E-state index in [1.807, 2.05) is 11.8 Å². The van der Waals surface area contributed by atoms with Crippen LogP contribution in [0, 0.1) is 6.92 Å². The van der Waals surface area contributed by atoms with Gasteiger partial charge in [-0.25, -0.2) is 4.98 Å². The maximum atomic E-state index is 6.17. The van der Waals surface area contributed by atoms with Gasteiger partial charge in [0.05, 0.1) is 11.0 Å². The first-order chi connectivity index (χ1) is 9.20. The monoisotopic (exact) mass is 275 g/mol. The van der Waals surface area contributed by atoms with Crippen molar-refractivity contribution in [2.24, 2.45) is 0 Å². The summed E-state index contributed by atoms with van der Waals surface area (Å²) in [6.45, 7) is 2.15. The van der Waals surface area contributed by atoms with Crippen LogP contribution in [0.2, 0.25) is 0 Å². The van der Waals surface area contributed by atoms with Crippen LogP contribution in [0.4, 0.5) is 5.95 Å². The van der Waals surface area contributed by atoms with E-state index in [0.717, 1.165) is 10.8 Å². The zero-order chi connectivity index (χ0) is 13.4. The highest BCUT2D eigenvalue weighted by Crippen LogP contribution is 2.37. The fourth-order valence-electron chi connectivity index (χ4n) is 3.25. The molecule has 0 atom stereocenters. The van der Waals surface area contributed by atoms with E-state index < -0.39 is 0 Å². The van der Waals surface area contributed by atoms with Crippen LogP contribution >= 0.6 is 11.8 Å². The van der Waals surface area contributed by atoms with Gasteiger partial charge in [0.1, 0.15) is 0 Å². The minimum absolute atomic E-state index is 0.523. The van der Waals surface area contributed by atoms with Crippen LogP contribution in [-0.2, 0) is 0 Å². The van der Waals surface area contributed by atoms with Gasteiger partial charge in [-0.15, -0.1) is 0 Å². The van der Waals surface area contributed by atoms with Gasteiger partial charge < -0.3 is 10.3 Å². The summed E-state index contributed by atoms with van der Waals surface area (Å²) in [4.78, 5) is 4.52. The molecular weight excluding hydrogens is 254 g/mol. The number of anilines is 1. The first-order valence-corrected chi connectivity index (χ1v) is 8.25. The molecule has 1 fully saturated rings. The molecule has 0 amide bonds. The van der Waals surface area contributed by atoms with Crippen LogP contribution in [-0.4, -0.2) is 21.1 Å². The normalized spacial score (nSPS) is 23.9. The van der Waals surface area contributed by atoms with Gasteiger partial charge in [0.2, 0.25) is 5.95 Å². The molecular formula is C15H21N3S. The first-order valence-electron chi connectivity index (χ1n) is 6.96. The van der Waals surface area contributed by atoms with E-state index in [2.05, 4.69) is 40.9 Å². The summed E-state index contributed by atoms with van der Waals surface area (Å²) in [6, 6.07) is 6.78. The Bertz CT molecular complexity index is 582. The standard InChI is InChI=1S/C15H21N3S/c1-10-4-3-5-13-14(10)18(15(16)17-13)11-6-8-12(19-2)9-7-11/h3-5,11-12H,6-9H2,1-2H3,(H2,16,17). The van der Waals surface area contributed by atoms with Crippen LogP contribution in [0.1, 0.15) is 37.3 Å². The molecule has 19 heavy (non-hydrogen) atoms. The predicted molar refractivity (Wildman–Crippen MR) is 83.7 cm³/mol. The van der Waals surface area contributed by atoms with Crippen molar-refractivity contribution in [3.05, 3.63) is 23.8 Å². The lowest BCUT2D eigenvalue weighted by atomic mass is 9.94. The molecule has 3 rings (SSSR count). The third-order valence-corrected chi connectivity index (χ3v) is 5.42. The molecule has 102 valence electrons. The second kappa shape index (κ2) is 5.08. The average molecular weight is 275 g/mol. The molecule has 0 unspecified atom stereocenters. The van der Waals surface area contributed by atoms with Crippen LogP contribution in [0.3, 0.4) is 0 Å². The molecule has 1 saturated carbocycles. The Morgan fingerprint density at radius 3 is 2.68 bits per heavy atom. The van der Waals surface area contributed by atoms with Gasteiger partial charge in [0.15, 0.2) is 0 Å². The number of aromatic nitrogens is 2. The Kier molecular flexibility index (Phi) is 3.44. The van der Waals surface area contributed by atoms with E-state index in [1.165, 1.54) is 36.8 Å². The lowest BCUT2D eigenvalue weighted by Gasteiger charge is -2.29. The molecule has 0 saturated heterocycles. The van der Waals surface area contributed by atoms with Crippen LogP contribution in [0.5, 0.6) is 0 Å². The molecule has 0 radical (unpaired) electrons. The fraction of sp³-hybridized carbons (Fsp3) is 0.533. The number of para-hydroxylation sites is 1. The van der Waals surface area contributed by atoms with Gasteiger partial charge in [-0.3, -0.25) is 0 Å². The Morgan fingerprint density at radius 1 is 1.26 bits per heavy atom. The number of benzene rings is 1. The quantitative estimate of drug-likeness (QED) is 0.907. The Hall–Kier alpha value is -1.16. The largest absolute Gasteiger partial charge is 0.369 e. The van der Waals surface area contributed by atoms with E-state index in [1.54, 1.807) is 0 Å². The van der Waals surface area contributed by atoms with Crippen LogP contribution < -0.4 is 5.73 Å². The van der Waals surface area contributed by atoms with Crippen molar-refractivity contribution in [3.8, 4) is 0 Å². The second-order valence-electron chi connectivity index (χ2n) is 5.45. The number of rotatable bonds is 2. The van der Waals surface area contributed by atoms with Gasteiger partial charge in [-0.05, 0) is 50.5 Å². The number of nitrogen functional groups attached to an aromatic ring is 1. The summed E-state index contributed by atoms with van der Waals surface area (Å²) in [5.74, 6) is 0.678. The highest BCUT2D eigenvalue weighted by molar-refractivity contribution is 7.99. The summed E-state index contributed by atoms with van der Waals surface area (Å²) >= 11 is 2.00. The number of imidazole rings is 1. The number of hydrogen-bond donors (Lipinski definition) is 1. The SMILES string of the molecule is CSC1CCC(n2c(N)nc3cccc(C)c32)CC1. The van der Waals surface area contributed by atoms with E-state index in [0.29, 0.717) is 12.0 Å². The lowest BCUT2D eigenvalue weighted by molar-refractivity contribution is 0.369. The molecule has 0 aliphatic heterocycles. The minimum atomic E-state index is 0.523. The van der Waals surface area contributed by atoms with Crippen molar-refractivity contribution in [1.29, 1.82) is 0 Å². The van der Waals surface area contributed by atoms with Gasteiger partial charge >= 0.3 is 0 Å². The zero-order valence-electron chi connectivity index (χ0n) is 11.6. The van der Waals surface area contributed by atoms with E-state index in [9.17, 15) is 0 Å². The number of thioether (sulfide) groups is 1. The zero-order valence-corrected chi connectivity index (χ0v) is 12.4. The van der Waals surface area contributed by atoms with E-state index in [4.69, 9.17) is 5.73 Å². The predicted octanol–water partition coefficient (Wildman–Crippen LogP) is 3.77. The number of hydrogen-bond acceptors (Lipinski definition) is 3. The van der Waals surface area contributed by atoms with Gasteiger partial charge in [-0.2, -0.15) is 11.8 Å². The van der Waals surface area contributed by atoms with Crippen molar-refractivity contribution in [3.63, 3.8) is 0 Å². The van der Waals surface area contributed by atoms with Crippen molar-refractivity contribution < 1.29 is 0 Å². The highest BCUT2D eigenvalue weighted by atomic mass is 32.2. The average Bonchev–Trinajstić information content (AvgIpc) is 2.76. The van der Waals surface area contributed by atoms with Crippen LogP contribution in [0.15, 0.2) is 18.2 Å². The third-order valence-electron chi connectivity index (χ3n) is 4.28. The van der Waals surface area contributed by atoms with Crippen LogP contribution in [0.25, 0.3) is 11.0 Å². The number of nitrogens with two attached hydrogens (primary N) is 1. The number of nitrogens with zero attached hydrogens (tertiary/aromatic N) is 2. The van der Waals surface area contributed by atoms with E-state index >= 15 is 0 Å².